The average Bonchev–Trinajstić information content (AvgIpc) is 2.59. The monoisotopic (exact) mass is 429 g/mol. The van der Waals surface area contributed by atoms with Gasteiger partial charge in [0.2, 0.25) is 0 Å². The fourth-order valence-corrected chi connectivity index (χ4v) is 3.82. The highest BCUT2D eigenvalue weighted by atomic mass is 79.9. The van der Waals surface area contributed by atoms with Gasteiger partial charge in [0.25, 0.3) is 10.0 Å². The summed E-state index contributed by atoms with van der Waals surface area (Å²) in [6, 6.07) is 10.3. The third-order valence-corrected chi connectivity index (χ3v) is 5.65. The molecule has 25 heavy (non-hydrogen) atoms. The topological polar surface area (TPSA) is 93.1 Å². The van der Waals surface area contributed by atoms with Crippen molar-refractivity contribution in [1.82, 2.24) is 0 Å². The van der Waals surface area contributed by atoms with Crippen molar-refractivity contribution in [3.8, 4) is 11.5 Å². The summed E-state index contributed by atoms with van der Waals surface area (Å²) in [4.78, 5) is 11.2. The van der Waals surface area contributed by atoms with Crippen LogP contribution in [0.2, 0.25) is 0 Å². The van der Waals surface area contributed by atoms with E-state index in [-0.39, 0.29) is 10.6 Å². The Labute approximate surface area is 154 Å². The second-order valence-corrected chi connectivity index (χ2v) is 7.68. The van der Waals surface area contributed by atoms with Gasteiger partial charge < -0.3 is 14.6 Å². The molecule has 0 amide bonds. The molecule has 9 heteroatoms. The van der Waals surface area contributed by atoms with Crippen LogP contribution in [0, 0.1) is 0 Å². The van der Waals surface area contributed by atoms with Crippen molar-refractivity contribution >= 4 is 37.6 Å². The number of sulfonamides is 1. The molecule has 7 nitrogen and oxygen atoms in total. The van der Waals surface area contributed by atoms with Crippen molar-refractivity contribution in [3.05, 3.63) is 46.9 Å². The minimum Gasteiger partial charge on any atom is -0.493 e. The van der Waals surface area contributed by atoms with E-state index in [0.29, 0.717) is 16.0 Å². The van der Waals surface area contributed by atoms with Crippen LogP contribution in [0.25, 0.3) is 0 Å². The van der Waals surface area contributed by atoms with E-state index >= 15 is 0 Å². The summed E-state index contributed by atoms with van der Waals surface area (Å²) in [7, 11) is -1.22. The average molecular weight is 430 g/mol. The molecule has 1 N–H and O–H groups in total. The van der Waals surface area contributed by atoms with Crippen molar-refractivity contribution in [1.29, 1.82) is 0 Å². The zero-order valence-corrected chi connectivity index (χ0v) is 15.9. The number of carboxylic acid groups (broad SMARTS) is 1. The molecule has 0 saturated heterocycles. The Hall–Kier alpha value is -2.26. The van der Waals surface area contributed by atoms with Crippen LogP contribution in [-0.4, -0.2) is 40.3 Å². The van der Waals surface area contributed by atoms with Gasteiger partial charge in [0.1, 0.15) is 6.54 Å². The normalized spacial score (nSPS) is 11.0. The molecule has 0 bridgehead atoms. The fraction of sp³-hybridized carbons (Fsp3) is 0.188. The largest absolute Gasteiger partial charge is 0.493 e. The van der Waals surface area contributed by atoms with Crippen molar-refractivity contribution in [3.63, 3.8) is 0 Å². The van der Waals surface area contributed by atoms with Crippen molar-refractivity contribution < 1.29 is 27.8 Å². The molecule has 2 aromatic rings. The van der Waals surface area contributed by atoms with Crippen LogP contribution in [0.1, 0.15) is 0 Å². The molecular weight excluding hydrogens is 414 g/mol. The van der Waals surface area contributed by atoms with E-state index in [2.05, 4.69) is 15.9 Å². The third kappa shape index (κ3) is 4.23. The molecule has 2 rings (SSSR count). The first-order valence-corrected chi connectivity index (χ1v) is 9.25. The highest BCUT2D eigenvalue weighted by Crippen LogP contribution is 2.33. The number of methoxy groups -OCH3 is 2. The molecule has 0 unspecified atom stereocenters. The molecule has 0 atom stereocenters. The third-order valence-electron chi connectivity index (χ3n) is 3.34. The minimum atomic E-state index is -4.08. The number of carbonyl (C=O) groups is 1. The molecule has 0 fully saturated rings. The molecule has 134 valence electrons. The Balaban J connectivity index is 2.56. The maximum absolute atomic E-state index is 12.9. The summed E-state index contributed by atoms with van der Waals surface area (Å²) in [5.41, 5.74) is 0.156. The Morgan fingerprint density at radius 3 is 2.20 bits per heavy atom. The zero-order chi connectivity index (χ0) is 18.6. The SMILES string of the molecule is COc1ccc(N(CC(=O)O)S(=O)(=O)c2ccc(Br)cc2)cc1OC. The molecular formula is C16H16BrNO6S. The van der Waals surface area contributed by atoms with Gasteiger partial charge in [0, 0.05) is 10.5 Å². The highest BCUT2D eigenvalue weighted by Gasteiger charge is 2.28. The molecule has 0 heterocycles. The number of hydrogen-bond acceptors (Lipinski definition) is 5. The van der Waals surface area contributed by atoms with E-state index in [1.54, 1.807) is 12.1 Å². The van der Waals surface area contributed by atoms with Gasteiger partial charge in [-0.15, -0.1) is 0 Å². The number of ether oxygens (including phenoxy) is 2. The molecule has 0 saturated carbocycles. The number of nitrogens with zero attached hydrogens (tertiary/aromatic N) is 1. The second-order valence-electron chi connectivity index (χ2n) is 4.90. The lowest BCUT2D eigenvalue weighted by atomic mass is 10.2. The minimum absolute atomic E-state index is 0.0215. The summed E-state index contributed by atoms with van der Waals surface area (Å²) in [5.74, 6) is -0.584. The standard InChI is InChI=1S/C16H16BrNO6S/c1-23-14-8-5-12(9-15(14)24-2)18(10-16(19)20)25(21,22)13-6-3-11(17)4-7-13/h3-9H,10H2,1-2H3,(H,19,20). The van der Waals surface area contributed by atoms with E-state index in [1.807, 2.05) is 0 Å². The van der Waals surface area contributed by atoms with E-state index in [9.17, 15) is 13.2 Å². The number of carboxylic acids is 1. The molecule has 0 radical (unpaired) electrons. The van der Waals surface area contributed by atoms with Gasteiger partial charge in [0.05, 0.1) is 24.8 Å². The number of rotatable bonds is 7. The predicted octanol–water partition coefficient (Wildman–Crippen LogP) is 2.75. The summed E-state index contributed by atoms with van der Waals surface area (Å²) in [6.45, 7) is -0.728. The number of hydrogen-bond donors (Lipinski definition) is 1. The fourth-order valence-electron chi connectivity index (χ4n) is 2.15. The van der Waals surface area contributed by atoms with E-state index < -0.39 is 22.5 Å². The summed E-state index contributed by atoms with van der Waals surface area (Å²) >= 11 is 3.24. The van der Waals surface area contributed by atoms with E-state index in [1.165, 1.54) is 44.6 Å². The lowest BCUT2D eigenvalue weighted by Crippen LogP contribution is -2.35. The molecule has 0 aromatic heterocycles. The predicted molar refractivity (Wildman–Crippen MR) is 95.9 cm³/mol. The lowest BCUT2D eigenvalue weighted by Gasteiger charge is -2.23. The summed E-state index contributed by atoms with van der Waals surface area (Å²) in [5, 5.41) is 9.16. The van der Waals surface area contributed by atoms with Gasteiger partial charge in [-0.05, 0) is 36.4 Å². The second kappa shape index (κ2) is 7.75. The summed E-state index contributed by atoms with van der Waals surface area (Å²) in [6.07, 6.45) is 0. The van der Waals surface area contributed by atoms with Crippen LogP contribution in [0.5, 0.6) is 11.5 Å². The Bertz CT molecular complexity index is 867. The van der Waals surface area contributed by atoms with Gasteiger partial charge >= 0.3 is 5.97 Å². The lowest BCUT2D eigenvalue weighted by molar-refractivity contribution is -0.135. The number of anilines is 1. The van der Waals surface area contributed by atoms with Crippen LogP contribution >= 0.6 is 15.9 Å². The molecule has 0 aliphatic carbocycles. The Morgan fingerprint density at radius 1 is 1.08 bits per heavy atom. The first-order chi connectivity index (χ1) is 11.8. The first kappa shape index (κ1) is 19.1. The van der Waals surface area contributed by atoms with E-state index in [4.69, 9.17) is 14.6 Å². The van der Waals surface area contributed by atoms with Gasteiger partial charge in [-0.3, -0.25) is 9.10 Å². The van der Waals surface area contributed by atoms with Crippen LogP contribution in [-0.2, 0) is 14.8 Å². The maximum atomic E-state index is 12.9. The van der Waals surface area contributed by atoms with Crippen LogP contribution in [0.4, 0.5) is 5.69 Å². The summed E-state index contributed by atoms with van der Waals surface area (Å²) < 4.78 is 37.6. The highest BCUT2D eigenvalue weighted by molar-refractivity contribution is 9.10. The van der Waals surface area contributed by atoms with Gasteiger partial charge in [-0.1, -0.05) is 15.9 Å². The van der Waals surface area contributed by atoms with Crippen molar-refractivity contribution in [2.24, 2.45) is 0 Å². The number of aliphatic carboxylic acids is 1. The van der Waals surface area contributed by atoms with Crippen LogP contribution in [0.3, 0.4) is 0 Å². The number of halogens is 1. The number of benzene rings is 2. The zero-order valence-electron chi connectivity index (χ0n) is 13.5. The van der Waals surface area contributed by atoms with Gasteiger partial charge in [-0.2, -0.15) is 0 Å². The molecule has 2 aromatic carbocycles. The van der Waals surface area contributed by atoms with Gasteiger partial charge in [-0.25, -0.2) is 8.42 Å². The Morgan fingerprint density at radius 2 is 1.68 bits per heavy atom. The molecule has 0 aliphatic rings. The Kier molecular flexibility index (Phi) is 5.91. The molecule has 0 spiro atoms. The van der Waals surface area contributed by atoms with Crippen molar-refractivity contribution in [2.45, 2.75) is 4.90 Å². The first-order valence-electron chi connectivity index (χ1n) is 7.01. The van der Waals surface area contributed by atoms with Crippen molar-refractivity contribution in [2.75, 3.05) is 25.1 Å². The van der Waals surface area contributed by atoms with Crippen LogP contribution < -0.4 is 13.8 Å². The van der Waals surface area contributed by atoms with E-state index in [0.717, 1.165) is 4.31 Å². The smallest absolute Gasteiger partial charge is 0.324 e. The van der Waals surface area contributed by atoms with Crippen LogP contribution in [0.15, 0.2) is 51.8 Å². The quantitative estimate of drug-likeness (QED) is 0.726. The van der Waals surface area contributed by atoms with Gasteiger partial charge in [0.15, 0.2) is 11.5 Å². The maximum Gasteiger partial charge on any atom is 0.324 e. The molecule has 0 aliphatic heterocycles.